The molecule has 0 saturated carbocycles. The lowest BCUT2D eigenvalue weighted by molar-refractivity contribution is 0.0945. The predicted octanol–water partition coefficient (Wildman–Crippen LogP) is 1.69. The van der Waals surface area contributed by atoms with Crippen LogP contribution in [0.4, 0.5) is 0 Å². The topological polar surface area (TPSA) is 68.0 Å². The average Bonchev–Trinajstić information content (AvgIpc) is 2.88. The van der Waals surface area contributed by atoms with Crippen LogP contribution in [0.25, 0.3) is 0 Å². The van der Waals surface area contributed by atoms with E-state index in [2.05, 4.69) is 27.5 Å². The number of thiophene rings is 1. The van der Waals surface area contributed by atoms with E-state index < -0.39 is 0 Å². The van der Waals surface area contributed by atoms with Gasteiger partial charge in [0.15, 0.2) is 0 Å². The van der Waals surface area contributed by atoms with Crippen molar-refractivity contribution >= 4 is 17.2 Å². The van der Waals surface area contributed by atoms with Crippen LogP contribution in [0.3, 0.4) is 0 Å². The van der Waals surface area contributed by atoms with Crippen LogP contribution in [0.1, 0.15) is 27.2 Å². The smallest absolute Gasteiger partial charge is 0.271 e. The van der Waals surface area contributed by atoms with Gasteiger partial charge in [-0.2, -0.15) is 11.3 Å². The first-order valence-electron chi connectivity index (χ1n) is 6.16. The third-order valence-electron chi connectivity index (χ3n) is 2.75. The Hall–Kier alpha value is -2.16. The number of carbonyl (C=O) groups is 1. The highest BCUT2D eigenvalue weighted by Gasteiger charge is 2.11. The average molecular weight is 285 g/mol. The number of nitrogens with zero attached hydrogens (tertiary/aromatic N) is 1. The first-order chi connectivity index (χ1) is 9.72. The van der Waals surface area contributed by atoms with E-state index in [0.717, 1.165) is 5.56 Å². The highest BCUT2D eigenvalue weighted by molar-refractivity contribution is 7.08. The van der Waals surface area contributed by atoms with Gasteiger partial charge in [-0.15, -0.1) is 0 Å². The number of rotatable bonds is 3. The molecule has 102 valence electrons. The van der Waals surface area contributed by atoms with E-state index in [1.54, 1.807) is 29.7 Å². The zero-order valence-electron chi connectivity index (χ0n) is 11.1. The van der Waals surface area contributed by atoms with E-state index in [4.69, 9.17) is 5.73 Å². The summed E-state index contributed by atoms with van der Waals surface area (Å²) in [4.78, 5) is 16.3. The van der Waals surface area contributed by atoms with E-state index in [-0.39, 0.29) is 12.5 Å². The maximum atomic E-state index is 12.2. The van der Waals surface area contributed by atoms with Crippen LogP contribution in [0, 0.1) is 18.8 Å². The van der Waals surface area contributed by atoms with Crippen LogP contribution in [0.2, 0.25) is 0 Å². The monoisotopic (exact) mass is 285 g/mol. The molecule has 3 N–H and O–H groups in total. The maximum Gasteiger partial charge on any atom is 0.271 e. The molecule has 0 bridgehead atoms. The second-order valence-corrected chi connectivity index (χ2v) is 4.91. The maximum absolute atomic E-state index is 12.2. The van der Waals surface area contributed by atoms with Gasteiger partial charge in [-0.05, 0) is 40.9 Å². The van der Waals surface area contributed by atoms with Crippen molar-refractivity contribution in [1.82, 2.24) is 10.3 Å². The van der Waals surface area contributed by atoms with Crippen molar-refractivity contribution in [3.05, 3.63) is 51.5 Å². The highest BCUT2D eigenvalue weighted by atomic mass is 32.1. The fraction of sp³-hybridized carbons (Fsp3) is 0.200. The number of hydrogen-bond donors (Lipinski definition) is 2. The van der Waals surface area contributed by atoms with Crippen LogP contribution in [0.5, 0.6) is 0 Å². The first kappa shape index (κ1) is 14.3. The van der Waals surface area contributed by atoms with Gasteiger partial charge in [-0.1, -0.05) is 11.8 Å². The van der Waals surface area contributed by atoms with Gasteiger partial charge < -0.3 is 11.1 Å². The van der Waals surface area contributed by atoms with Crippen molar-refractivity contribution in [1.29, 1.82) is 0 Å². The van der Waals surface area contributed by atoms with Gasteiger partial charge in [0.25, 0.3) is 5.91 Å². The lowest BCUT2D eigenvalue weighted by Crippen LogP contribution is -2.24. The summed E-state index contributed by atoms with van der Waals surface area (Å²) in [5.41, 5.74) is 8.58. The second kappa shape index (κ2) is 6.85. The number of hydrogen-bond acceptors (Lipinski definition) is 4. The number of carbonyl (C=O) groups excluding carboxylic acids is 1. The van der Waals surface area contributed by atoms with E-state index in [1.807, 2.05) is 12.3 Å². The van der Waals surface area contributed by atoms with Crippen molar-refractivity contribution in [2.75, 3.05) is 6.54 Å². The minimum atomic E-state index is -0.225. The second-order valence-electron chi connectivity index (χ2n) is 4.17. The summed E-state index contributed by atoms with van der Waals surface area (Å²) in [6.07, 6.45) is 1.58. The van der Waals surface area contributed by atoms with Crippen molar-refractivity contribution < 1.29 is 4.79 Å². The first-order valence-corrected chi connectivity index (χ1v) is 7.10. The summed E-state index contributed by atoms with van der Waals surface area (Å²) >= 11 is 1.62. The molecule has 0 aliphatic carbocycles. The molecule has 2 aromatic heterocycles. The molecule has 0 aliphatic rings. The van der Waals surface area contributed by atoms with E-state index >= 15 is 0 Å². The normalized spacial score (nSPS) is 9.70. The molecule has 0 aromatic carbocycles. The van der Waals surface area contributed by atoms with Gasteiger partial charge in [-0.25, -0.2) is 4.98 Å². The summed E-state index contributed by atoms with van der Waals surface area (Å²) in [5, 5.41) is 6.95. The molecule has 2 rings (SSSR count). The molecule has 2 heterocycles. The Morgan fingerprint density at radius 2 is 2.35 bits per heavy atom. The molecule has 0 unspecified atom stereocenters. The lowest BCUT2D eigenvalue weighted by Gasteiger charge is -2.06. The summed E-state index contributed by atoms with van der Waals surface area (Å²) in [5.74, 6) is 5.38. The third-order valence-corrected chi connectivity index (χ3v) is 3.66. The molecule has 2 aromatic rings. The number of nitrogens with one attached hydrogen (secondary N) is 1. The van der Waals surface area contributed by atoms with Crippen molar-refractivity contribution in [3.8, 4) is 11.8 Å². The predicted molar refractivity (Wildman–Crippen MR) is 80.4 cm³/mol. The molecule has 0 aliphatic heterocycles. The highest BCUT2D eigenvalue weighted by Crippen LogP contribution is 2.13. The Kier molecular flexibility index (Phi) is 4.88. The molecule has 0 spiro atoms. The van der Waals surface area contributed by atoms with Crippen LogP contribution < -0.4 is 11.1 Å². The van der Waals surface area contributed by atoms with E-state index in [0.29, 0.717) is 17.8 Å². The number of nitrogens with two attached hydrogens (primary N) is 1. The molecule has 0 radical (unpaired) electrons. The third kappa shape index (κ3) is 3.44. The molecule has 0 atom stereocenters. The Morgan fingerprint density at radius 3 is 3.05 bits per heavy atom. The van der Waals surface area contributed by atoms with Crippen molar-refractivity contribution in [3.63, 3.8) is 0 Å². The molecular formula is C15H15N3OS. The standard InChI is InChI=1S/C15H15N3OS/c1-11-9-20-10-13(11)8-18-15(19)14-12(4-2-6-16)5-3-7-17-14/h3,5,7,9-10H,6,8,16H2,1H3,(H,18,19). The summed E-state index contributed by atoms with van der Waals surface area (Å²) in [6, 6.07) is 3.51. The molecule has 0 saturated heterocycles. The van der Waals surface area contributed by atoms with Gasteiger partial charge in [0.1, 0.15) is 5.69 Å². The number of amides is 1. The van der Waals surface area contributed by atoms with Crippen molar-refractivity contribution in [2.24, 2.45) is 5.73 Å². The summed E-state index contributed by atoms with van der Waals surface area (Å²) < 4.78 is 0. The molecule has 4 nitrogen and oxygen atoms in total. The largest absolute Gasteiger partial charge is 0.347 e. The lowest BCUT2D eigenvalue weighted by atomic mass is 10.1. The van der Waals surface area contributed by atoms with Crippen LogP contribution in [-0.4, -0.2) is 17.4 Å². The fourth-order valence-electron chi connectivity index (χ4n) is 1.66. The Balaban J connectivity index is 2.11. The van der Waals surface area contributed by atoms with Gasteiger partial charge >= 0.3 is 0 Å². The molecule has 20 heavy (non-hydrogen) atoms. The molecular weight excluding hydrogens is 270 g/mol. The minimum absolute atomic E-state index is 0.225. The zero-order chi connectivity index (χ0) is 14.4. The number of aromatic nitrogens is 1. The summed E-state index contributed by atoms with van der Waals surface area (Å²) in [7, 11) is 0. The minimum Gasteiger partial charge on any atom is -0.347 e. The Morgan fingerprint density at radius 1 is 1.50 bits per heavy atom. The van der Waals surface area contributed by atoms with Crippen molar-refractivity contribution in [2.45, 2.75) is 13.5 Å². The van der Waals surface area contributed by atoms with Gasteiger partial charge in [0.2, 0.25) is 0 Å². The van der Waals surface area contributed by atoms with Crippen LogP contribution >= 0.6 is 11.3 Å². The van der Waals surface area contributed by atoms with Crippen LogP contribution in [0.15, 0.2) is 29.1 Å². The number of aryl methyl sites for hydroxylation is 1. The number of pyridine rings is 1. The van der Waals surface area contributed by atoms with Gasteiger partial charge in [-0.3, -0.25) is 4.79 Å². The van der Waals surface area contributed by atoms with Crippen LogP contribution in [-0.2, 0) is 6.54 Å². The molecule has 5 heteroatoms. The SMILES string of the molecule is Cc1cscc1CNC(=O)c1ncccc1C#CCN. The summed E-state index contributed by atoms with van der Waals surface area (Å²) in [6.45, 7) is 2.77. The van der Waals surface area contributed by atoms with E-state index in [1.165, 1.54) is 5.56 Å². The van der Waals surface area contributed by atoms with E-state index in [9.17, 15) is 4.79 Å². The zero-order valence-corrected chi connectivity index (χ0v) is 12.0. The van der Waals surface area contributed by atoms with Gasteiger partial charge in [0.05, 0.1) is 12.1 Å². The Labute approximate surface area is 122 Å². The Bertz CT molecular complexity index is 667. The fourth-order valence-corrected chi connectivity index (χ4v) is 2.52. The van der Waals surface area contributed by atoms with Gasteiger partial charge in [0, 0.05) is 12.7 Å². The molecule has 0 fully saturated rings. The quantitative estimate of drug-likeness (QED) is 0.843. The molecule has 1 amide bonds.